The van der Waals surface area contributed by atoms with E-state index >= 15 is 0 Å². The molecule has 0 spiro atoms. The number of aliphatic hydroxyl groups is 1. The molecule has 39 heavy (non-hydrogen) atoms. The second kappa shape index (κ2) is 9.01. The first-order valence-electron chi connectivity index (χ1n) is 13.3. The molecule has 0 radical (unpaired) electrons. The van der Waals surface area contributed by atoms with E-state index in [-0.39, 0.29) is 11.2 Å². The van der Waals surface area contributed by atoms with Gasteiger partial charge in [-0.15, -0.1) is 11.3 Å². The van der Waals surface area contributed by atoms with Gasteiger partial charge in [0, 0.05) is 32.8 Å². The fourth-order valence-corrected chi connectivity index (χ4v) is 7.30. The number of Topliss-reactive ketones (excluding diaryl/α,β-unsaturated/α-hetero) is 1. The van der Waals surface area contributed by atoms with E-state index in [9.17, 15) is 9.90 Å². The summed E-state index contributed by atoms with van der Waals surface area (Å²) in [4.78, 5) is 22.5. The number of ketones is 1. The van der Waals surface area contributed by atoms with Gasteiger partial charge in [0.1, 0.15) is 6.10 Å². The monoisotopic (exact) mass is 528 g/mol. The molecule has 7 rings (SSSR count). The van der Waals surface area contributed by atoms with Crippen molar-refractivity contribution in [1.29, 1.82) is 0 Å². The second-order valence-corrected chi connectivity index (χ2v) is 11.9. The number of rotatable bonds is 4. The van der Waals surface area contributed by atoms with Crippen LogP contribution < -0.4 is 4.90 Å². The number of benzene rings is 2. The van der Waals surface area contributed by atoms with Gasteiger partial charge in [0.05, 0.1) is 22.5 Å². The van der Waals surface area contributed by atoms with Crippen molar-refractivity contribution >= 4 is 34.6 Å². The fraction of sp³-hybridized carbons (Fsp3) is 0.176. The predicted octanol–water partition coefficient (Wildman–Crippen LogP) is 8.13. The quantitative estimate of drug-likeness (QED) is 0.272. The average Bonchev–Trinajstić information content (AvgIpc) is 3.56. The third-order valence-electron chi connectivity index (χ3n) is 8.09. The molecule has 2 aromatic carbocycles. The molecule has 3 aliphatic carbocycles. The highest BCUT2D eigenvalue weighted by atomic mass is 32.1. The number of aromatic nitrogens is 1. The minimum Gasteiger partial charge on any atom is -0.383 e. The lowest BCUT2D eigenvalue weighted by Gasteiger charge is -2.30. The number of fused-ring (bicyclic) bond motifs is 4. The molecule has 4 nitrogen and oxygen atoms in total. The summed E-state index contributed by atoms with van der Waals surface area (Å²) < 4.78 is 0. The topological polar surface area (TPSA) is 53.4 Å². The van der Waals surface area contributed by atoms with Gasteiger partial charge in [-0.1, -0.05) is 68.5 Å². The van der Waals surface area contributed by atoms with Crippen LogP contribution in [0.15, 0.2) is 102 Å². The van der Waals surface area contributed by atoms with E-state index < -0.39 is 6.10 Å². The first-order chi connectivity index (χ1) is 18.9. The Balaban J connectivity index is 1.29. The molecule has 0 bridgehead atoms. The molecule has 1 N–H and O–H groups in total. The van der Waals surface area contributed by atoms with E-state index in [1.54, 1.807) is 17.4 Å². The number of carbonyl (C=O) groups excluding carboxylic acids is 1. The smallest absolute Gasteiger partial charge is 0.192 e. The maximum Gasteiger partial charge on any atom is 0.192 e. The lowest BCUT2D eigenvalue weighted by molar-refractivity contribution is 0.102. The Bertz CT molecular complexity index is 1730. The van der Waals surface area contributed by atoms with Crippen molar-refractivity contribution in [3.63, 3.8) is 0 Å². The maximum absolute atomic E-state index is 13.0. The number of allylic oxidation sites excluding steroid dienone is 4. The average molecular weight is 529 g/mol. The molecule has 5 heteroatoms. The second-order valence-electron chi connectivity index (χ2n) is 10.8. The Hall–Kier alpha value is -4.06. The summed E-state index contributed by atoms with van der Waals surface area (Å²) in [7, 11) is 0. The van der Waals surface area contributed by atoms with Crippen LogP contribution in [0.5, 0.6) is 0 Å². The number of pyridine rings is 1. The van der Waals surface area contributed by atoms with Crippen LogP contribution in [0.1, 0.15) is 64.7 Å². The number of hydrogen-bond acceptors (Lipinski definition) is 5. The van der Waals surface area contributed by atoms with Gasteiger partial charge >= 0.3 is 0 Å². The van der Waals surface area contributed by atoms with Crippen LogP contribution in [0.3, 0.4) is 0 Å². The first kappa shape index (κ1) is 24.0. The van der Waals surface area contributed by atoms with Gasteiger partial charge in [-0.2, -0.15) is 0 Å². The minimum absolute atomic E-state index is 0.0954. The Morgan fingerprint density at radius 2 is 1.82 bits per heavy atom. The number of hydrogen-bond donors (Lipinski definition) is 1. The van der Waals surface area contributed by atoms with Crippen molar-refractivity contribution < 1.29 is 9.90 Å². The molecule has 1 atom stereocenters. The molecule has 1 unspecified atom stereocenters. The van der Waals surface area contributed by atoms with Crippen molar-refractivity contribution in [2.75, 3.05) is 4.90 Å². The number of carbonyl (C=O) groups is 1. The maximum atomic E-state index is 13.0. The summed E-state index contributed by atoms with van der Waals surface area (Å²) in [6.07, 6.45) is 11.5. The lowest BCUT2D eigenvalue weighted by atomic mass is 9.83. The van der Waals surface area contributed by atoms with Crippen LogP contribution in [-0.2, 0) is 5.41 Å². The highest BCUT2D eigenvalue weighted by Crippen LogP contribution is 2.53. The highest BCUT2D eigenvalue weighted by Gasteiger charge is 2.40. The molecule has 0 aliphatic heterocycles. The number of para-hydroxylation sites is 1. The van der Waals surface area contributed by atoms with Gasteiger partial charge in [-0.05, 0) is 65.9 Å². The van der Waals surface area contributed by atoms with Crippen LogP contribution in [0.4, 0.5) is 11.4 Å². The van der Waals surface area contributed by atoms with Gasteiger partial charge in [0.25, 0.3) is 0 Å². The Morgan fingerprint density at radius 1 is 1.03 bits per heavy atom. The van der Waals surface area contributed by atoms with E-state index in [0.29, 0.717) is 16.7 Å². The Kier molecular flexibility index (Phi) is 5.55. The molecular formula is C34H28N2O2S. The van der Waals surface area contributed by atoms with Crippen molar-refractivity contribution in [3.8, 4) is 10.6 Å². The van der Waals surface area contributed by atoms with Crippen molar-refractivity contribution in [2.45, 2.75) is 38.2 Å². The number of nitrogens with zero attached hydrogens (tertiary/aromatic N) is 2. The SMILES string of the molecule is CC1(C)c2cc(N(C3=CC=CCC3)c3ccccc3)cnc2-c2sc(/C=C3/C(=O)c4ccccc4C3O)cc21. The minimum atomic E-state index is -0.889. The summed E-state index contributed by atoms with van der Waals surface area (Å²) in [5.74, 6) is -0.0954. The first-order valence-corrected chi connectivity index (χ1v) is 14.1. The van der Waals surface area contributed by atoms with Gasteiger partial charge in [0.15, 0.2) is 5.78 Å². The van der Waals surface area contributed by atoms with E-state index in [1.807, 2.05) is 36.5 Å². The molecule has 192 valence electrons. The summed E-state index contributed by atoms with van der Waals surface area (Å²) in [5.41, 5.74) is 8.32. The number of anilines is 2. The van der Waals surface area contributed by atoms with Crippen molar-refractivity contribution in [2.24, 2.45) is 0 Å². The van der Waals surface area contributed by atoms with Crippen LogP contribution in [0.2, 0.25) is 0 Å². The van der Waals surface area contributed by atoms with Crippen LogP contribution >= 0.6 is 11.3 Å². The molecule has 0 fully saturated rings. The van der Waals surface area contributed by atoms with E-state index in [0.717, 1.165) is 39.7 Å². The third kappa shape index (κ3) is 3.76. The Labute approximate surface area is 232 Å². The van der Waals surface area contributed by atoms with Gasteiger partial charge in [-0.25, -0.2) is 0 Å². The molecular weight excluding hydrogens is 500 g/mol. The number of aliphatic hydroxyl groups excluding tert-OH is 1. The van der Waals surface area contributed by atoms with Crippen molar-refractivity contribution in [3.05, 3.63) is 130 Å². The molecule has 3 aliphatic rings. The standard InChI is InChI=1S/C34H28N2O2S/c1-34(2)28-17-23(36(21-11-5-3-6-12-21)22-13-7-4-8-14-22)20-35-30(28)33-29(34)19-24(39-33)18-27-31(37)25-15-9-10-16-26(25)32(27)38/h3-7,9-13,15-20,31,37H,8,14H2,1-2H3/b27-18+. The van der Waals surface area contributed by atoms with Gasteiger partial charge in [-0.3, -0.25) is 9.78 Å². The molecule has 4 aromatic rings. The zero-order chi connectivity index (χ0) is 26.7. The third-order valence-corrected chi connectivity index (χ3v) is 9.18. The van der Waals surface area contributed by atoms with Crippen molar-refractivity contribution in [1.82, 2.24) is 4.98 Å². The summed E-state index contributed by atoms with van der Waals surface area (Å²) >= 11 is 1.64. The predicted molar refractivity (Wildman–Crippen MR) is 158 cm³/mol. The number of thiophene rings is 1. The zero-order valence-corrected chi connectivity index (χ0v) is 22.7. The molecule has 0 saturated heterocycles. The van der Waals surface area contributed by atoms with Crippen LogP contribution in [-0.4, -0.2) is 15.9 Å². The molecule has 0 amide bonds. The summed E-state index contributed by atoms with van der Waals surface area (Å²) in [5, 5.41) is 10.9. The summed E-state index contributed by atoms with van der Waals surface area (Å²) in [6.45, 7) is 4.49. The lowest BCUT2D eigenvalue weighted by Crippen LogP contribution is -2.20. The molecule has 2 aromatic heterocycles. The molecule has 2 heterocycles. The van der Waals surface area contributed by atoms with Gasteiger partial charge < -0.3 is 10.0 Å². The van der Waals surface area contributed by atoms with E-state index in [2.05, 4.69) is 73.4 Å². The van der Waals surface area contributed by atoms with Crippen LogP contribution in [0.25, 0.3) is 16.6 Å². The van der Waals surface area contributed by atoms with Crippen LogP contribution in [0, 0.1) is 0 Å². The summed E-state index contributed by atoms with van der Waals surface area (Å²) in [6, 6.07) is 22.3. The molecule has 0 saturated carbocycles. The normalized spacial score (nSPS) is 19.6. The van der Waals surface area contributed by atoms with E-state index in [4.69, 9.17) is 4.98 Å². The van der Waals surface area contributed by atoms with E-state index in [1.165, 1.54) is 16.8 Å². The Morgan fingerprint density at radius 3 is 2.59 bits per heavy atom. The zero-order valence-electron chi connectivity index (χ0n) is 21.9. The fourth-order valence-electron chi connectivity index (χ4n) is 6.02. The largest absolute Gasteiger partial charge is 0.383 e. The highest BCUT2D eigenvalue weighted by molar-refractivity contribution is 7.16. The van der Waals surface area contributed by atoms with Gasteiger partial charge in [0.2, 0.25) is 0 Å².